The first-order valence-corrected chi connectivity index (χ1v) is 11.0. The van der Waals surface area contributed by atoms with E-state index in [-0.39, 0.29) is 11.7 Å². The second-order valence-electron chi connectivity index (χ2n) is 7.86. The summed E-state index contributed by atoms with van der Waals surface area (Å²) in [5, 5.41) is 0. The predicted octanol–water partition coefficient (Wildman–Crippen LogP) is 3.66. The van der Waals surface area contributed by atoms with Gasteiger partial charge < -0.3 is 9.80 Å². The van der Waals surface area contributed by atoms with E-state index in [4.69, 9.17) is 0 Å². The van der Waals surface area contributed by atoms with Crippen LogP contribution in [0.3, 0.4) is 0 Å². The van der Waals surface area contributed by atoms with Gasteiger partial charge in [-0.15, -0.1) is 0 Å². The van der Waals surface area contributed by atoms with Crippen molar-refractivity contribution in [1.82, 2.24) is 14.8 Å². The van der Waals surface area contributed by atoms with Crippen LogP contribution in [0, 0.1) is 11.7 Å². The van der Waals surface area contributed by atoms with E-state index in [0.717, 1.165) is 64.5 Å². The Labute approximate surface area is 179 Å². The van der Waals surface area contributed by atoms with Crippen molar-refractivity contribution in [2.45, 2.75) is 12.8 Å². The van der Waals surface area contributed by atoms with Gasteiger partial charge in [-0.3, -0.25) is 9.69 Å². The van der Waals surface area contributed by atoms with Crippen molar-refractivity contribution in [2.75, 3.05) is 50.7 Å². The molecule has 2 saturated heterocycles. The maximum absolute atomic E-state index is 13.6. The van der Waals surface area contributed by atoms with Crippen molar-refractivity contribution >= 4 is 27.7 Å². The van der Waals surface area contributed by atoms with E-state index < -0.39 is 0 Å². The zero-order valence-electron chi connectivity index (χ0n) is 16.4. The molecule has 1 atom stereocenters. The monoisotopic (exact) mass is 460 g/mol. The van der Waals surface area contributed by atoms with Gasteiger partial charge in [0.2, 0.25) is 0 Å². The maximum atomic E-state index is 13.6. The van der Waals surface area contributed by atoms with Crippen LogP contribution in [0.2, 0.25) is 0 Å². The van der Waals surface area contributed by atoms with Crippen molar-refractivity contribution in [1.29, 1.82) is 0 Å². The van der Waals surface area contributed by atoms with E-state index in [1.165, 1.54) is 12.1 Å². The van der Waals surface area contributed by atoms with E-state index in [0.29, 0.717) is 16.0 Å². The van der Waals surface area contributed by atoms with Crippen LogP contribution in [-0.4, -0.2) is 66.5 Å². The fourth-order valence-electron chi connectivity index (χ4n) is 4.30. The van der Waals surface area contributed by atoms with Gasteiger partial charge in [-0.05, 0) is 65.0 Å². The average molecular weight is 461 g/mol. The van der Waals surface area contributed by atoms with Crippen LogP contribution in [0.15, 0.2) is 47.1 Å². The Balaban J connectivity index is 1.31. The van der Waals surface area contributed by atoms with Gasteiger partial charge in [-0.25, -0.2) is 9.37 Å². The average Bonchev–Trinajstić information content (AvgIpc) is 2.76. The molecule has 29 heavy (non-hydrogen) atoms. The number of pyridine rings is 1. The molecular formula is C22H26BrFN4O. The summed E-state index contributed by atoms with van der Waals surface area (Å²) in [5.74, 6) is 1.04. The molecule has 1 aromatic carbocycles. The highest BCUT2D eigenvalue weighted by Gasteiger charge is 2.28. The number of rotatable bonds is 4. The lowest BCUT2D eigenvalue weighted by atomic mass is 9.96. The number of aromatic nitrogens is 1. The van der Waals surface area contributed by atoms with Gasteiger partial charge in [-0.2, -0.15) is 0 Å². The number of amides is 1. The minimum atomic E-state index is -0.379. The summed E-state index contributed by atoms with van der Waals surface area (Å²) in [4.78, 5) is 24.1. The fourth-order valence-corrected chi connectivity index (χ4v) is 4.71. The molecule has 154 valence electrons. The zero-order valence-corrected chi connectivity index (χ0v) is 18.0. The number of piperidine rings is 1. The van der Waals surface area contributed by atoms with Crippen LogP contribution in [0.5, 0.6) is 0 Å². The Bertz CT molecular complexity index is 842. The van der Waals surface area contributed by atoms with Crippen LogP contribution in [0.1, 0.15) is 23.2 Å². The minimum absolute atomic E-state index is 0.0824. The zero-order chi connectivity index (χ0) is 20.2. The van der Waals surface area contributed by atoms with Gasteiger partial charge in [0.05, 0.1) is 5.56 Å². The minimum Gasteiger partial charge on any atom is -0.354 e. The molecule has 0 radical (unpaired) electrons. The number of carbonyl (C=O) groups is 1. The number of nitrogens with zero attached hydrogens (tertiary/aromatic N) is 4. The highest BCUT2D eigenvalue weighted by atomic mass is 79.9. The van der Waals surface area contributed by atoms with E-state index >= 15 is 0 Å². The third kappa shape index (κ3) is 4.95. The molecule has 3 heterocycles. The number of hydrogen-bond donors (Lipinski definition) is 0. The predicted molar refractivity (Wildman–Crippen MR) is 116 cm³/mol. The molecule has 1 aromatic heterocycles. The molecule has 1 unspecified atom stereocenters. The molecule has 5 nitrogen and oxygen atoms in total. The summed E-state index contributed by atoms with van der Waals surface area (Å²) in [6.07, 6.45) is 3.97. The molecule has 0 aliphatic carbocycles. The largest absolute Gasteiger partial charge is 0.354 e. The molecule has 0 bridgehead atoms. The van der Waals surface area contributed by atoms with E-state index in [2.05, 4.69) is 36.8 Å². The smallest absolute Gasteiger partial charge is 0.255 e. The van der Waals surface area contributed by atoms with E-state index in [1.807, 2.05) is 23.2 Å². The second-order valence-corrected chi connectivity index (χ2v) is 8.71. The Morgan fingerprint density at radius 1 is 1.14 bits per heavy atom. The summed E-state index contributed by atoms with van der Waals surface area (Å²) in [5.41, 5.74) is 0.412. The van der Waals surface area contributed by atoms with E-state index in [9.17, 15) is 9.18 Å². The SMILES string of the molecule is O=C(c1cc(F)ccc1Br)N1CCCC(CN2CCN(c3ccccn3)CC2)C1. The molecule has 7 heteroatoms. The summed E-state index contributed by atoms with van der Waals surface area (Å²) >= 11 is 3.39. The number of benzene rings is 1. The Hall–Kier alpha value is -1.99. The quantitative estimate of drug-likeness (QED) is 0.697. The number of halogens is 2. The highest BCUT2D eigenvalue weighted by Crippen LogP contribution is 2.24. The van der Waals surface area contributed by atoms with Crippen molar-refractivity contribution < 1.29 is 9.18 Å². The topological polar surface area (TPSA) is 39.7 Å². The van der Waals surface area contributed by atoms with Crippen LogP contribution in [0.25, 0.3) is 0 Å². The molecule has 2 aromatic rings. The van der Waals surface area contributed by atoms with Crippen LogP contribution in [0.4, 0.5) is 10.2 Å². The lowest BCUT2D eigenvalue weighted by molar-refractivity contribution is 0.0636. The van der Waals surface area contributed by atoms with Crippen molar-refractivity contribution in [3.05, 3.63) is 58.4 Å². The highest BCUT2D eigenvalue weighted by molar-refractivity contribution is 9.10. The van der Waals surface area contributed by atoms with Crippen molar-refractivity contribution in [2.24, 2.45) is 5.92 Å². The van der Waals surface area contributed by atoms with Gasteiger partial charge in [0.1, 0.15) is 11.6 Å². The van der Waals surface area contributed by atoms with Crippen molar-refractivity contribution in [3.63, 3.8) is 0 Å². The second kappa shape index (κ2) is 9.22. The molecule has 4 rings (SSSR count). The van der Waals surface area contributed by atoms with E-state index in [1.54, 1.807) is 6.07 Å². The molecule has 0 spiro atoms. The lowest BCUT2D eigenvalue weighted by Crippen LogP contribution is -2.50. The van der Waals surface area contributed by atoms with Gasteiger partial charge in [-0.1, -0.05) is 6.07 Å². The first-order chi connectivity index (χ1) is 14.1. The molecular weight excluding hydrogens is 435 g/mol. The fraction of sp³-hybridized carbons (Fsp3) is 0.455. The van der Waals surface area contributed by atoms with Gasteiger partial charge in [0.15, 0.2) is 0 Å². The Kier molecular flexibility index (Phi) is 6.45. The van der Waals surface area contributed by atoms with Crippen LogP contribution < -0.4 is 4.90 Å². The molecule has 2 fully saturated rings. The van der Waals surface area contributed by atoms with Gasteiger partial charge in [0, 0.05) is 56.5 Å². The van der Waals surface area contributed by atoms with Crippen LogP contribution in [-0.2, 0) is 0 Å². The first kappa shape index (κ1) is 20.3. The number of anilines is 1. The Morgan fingerprint density at radius 3 is 2.72 bits per heavy atom. The summed E-state index contributed by atoms with van der Waals surface area (Å²) in [6, 6.07) is 10.3. The van der Waals surface area contributed by atoms with Gasteiger partial charge >= 0.3 is 0 Å². The molecule has 1 amide bonds. The number of carbonyl (C=O) groups excluding carboxylic acids is 1. The summed E-state index contributed by atoms with van der Waals surface area (Å²) in [7, 11) is 0. The molecule has 0 N–H and O–H groups in total. The standard InChI is InChI=1S/C22H26BrFN4O/c23-20-7-6-18(24)14-19(20)22(29)28-9-3-4-17(16-28)15-26-10-12-27(13-11-26)21-5-1-2-8-25-21/h1-2,5-8,14,17H,3-4,9-13,15-16H2. The number of hydrogen-bond acceptors (Lipinski definition) is 4. The molecule has 2 aliphatic heterocycles. The third-order valence-corrected chi connectivity index (χ3v) is 6.52. The van der Waals surface area contributed by atoms with Gasteiger partial charge in [0.25, 0.3) is 5.91 Å². The summed E-state index contributed by atoms with van der Waals surface area (Å²) in [6.45, 7) is 6.45. The molecule has 0 saturated carbocycles. The first-order valence-electron chi connectivity index (χ1n) is 10.2. The van der Waals surface area contributed by atoms with Crippen molar-refractivity contribution in [3.8, 4) is 0 Å². The lowest BCUT2D eigenvalue weighted by Gasteiger charge is -2.39. The normalized spacial score (nSPS) is 20.7. The maximum Gasteiger partial charge on any atom is 0.255 e. The van der Waals surface area contributed by atoms with Crippen LogP contribution >= 0.6 is 15.9 Å². The Morgan fingerprint density at radius 2 is 1.97 bits per heavy atom. The summed E-state index contributed by atoms with van der Waals surface area (Å²) < 4.78 is 14.3. The number of piperazine rings is 1. The third-order valence-electron chi connectivity index (χ3n) is 5.83. The molecule has 2 aliphatic rings. The number of likely N-dealkylation sites (tertiary alicyclic amines) is 1.